The van der Waals surface area contributed by atoms with Gasteiger partial charge in [-0.05, 0) is 38.0 Å². The van der Waals surface area contributed by atoms with E-state index in [2.05, 4.69) is 20.7 Å². The third kappa shape index (κ3) is 5.60. The van der Waals surface area contributed by atoms with Crippen molar-refractivity contribution in [3.8, 4) is 0 Å². The molecule has 0 aliphatic carbocycles. The fourth-order valence-corrected chi connectivity index (χ4v) is 3.57. The Morgan fingerprint density at radius 3 is 2.32 bits per heavy atom. The number of sulfonamides is 1. The molecule has 0 bridgehead atoms. The molecule has 0 saturated heterocycles. The van der Waals surface area contributed by atoms with Gasteiger partial charge in [0.05, 0.1) is 11.5 Å². The van der Waals surface area contributed by atoms with Gasteiger partial charge in [0.2, 0.25) is 10.0 Å². The van der Waals surface area contributed by atoms with Crippen LogP contribution < -0.4 is 4.72 Å². The van der Waals surface area contributed by atoms with Crippen LogP contribution >= 0.6 is 15.9 Å². The smallest absolute Gasteiger partial charge is 0.240 e. The lowest BCUT2D eigenvalue weighted by molar-refractivity contribution is 0.200. The number of ether oxygens (including phenoxy) is 1. The van der Waals surface area contributed by atoms with Crippen molar-refractivity contribution < 1.29 is 13.2 Å². The van der Waals surface area contributed by atoms with E-state index in [9.17, 15) is 8.42 Å². The monoisotopic (exact) mass is 349 g/mol. The maximum Gasteiger partial charge on any atom is 0.240 e. The predicted octanol–water partition coefficient (Wildman–Crippen LogP) is 2.33. The molecule has 0 amide bonds. The first kappa shape index (κ1) is 16.6. The van der Waals surface area contributed by atoms with Crippen molar-refractivity contribution in [1.82, 2.24) is 4.72 Å². The lowest BCUT2D eigenvalue weighted by Crippen LogP contribution is -2.30. The van der Waals surface area contributed by atoms with Crippen LogP contribution in [0.1, 0.15) is 19.4 Å². The first-order valence-electron chi connectivity index (χ1n) is 6.09. The Morgan fingerprint density at radius 2 is 1.84 bits per heavy atom. The van der Waals surface area contributed by atoms with E-state index in [-0.39, 0.29) is 10.9 Å². The minimum absolute atomic E-state index is 0.113. The minimum atomic E-state index is -3.40. The summed E-state index contributed by atoms with van der Waals surface area (Å²) in [5.74, 6) is 0. The molecule has 0 aliphatic heterocycles. The zero-order chi connectivity index (χ0) is 14.5. The highest BCUT2D eigenvalue weighted by atomic mass is 79.9. The van der Waals surface area contributed by atoms with Crippen LogP contribution in [0.5, 0.6) is 0 Å². The Labute approximate surface area is 123 Å². The van der Waals surface area contributed by atoms with E-state index in [4.69, 9.17) is 4.74 Å². The summed E-state index contributed by atoms with van der Waals surface area (Å²) < 4.78 is 31.5. The van der Waals surface area contributed by atoms with Gasteiger partial charge in [0.15, 0.2) is 0 Å². The fourth-order valence-electron chi connectivity index (χ4n) is 1.68. The number of benzene rings is 1. The molecule has 0 radical (unpaired) electrons. The van der Waals surface area contributed by atoms with Crippen molar-refractivity contribution in [2.24, 2.45) is 0 Å². The van der Waals surface area contributed by atoms with Gasteiger partial charge in [0.25, 0.3) is 0 Å². The largest absolute Gasteiger partial charge is 0.384 e. The Balaban J connectivity index is 2.76. The van der Waals surface area contributed by atoms with Gasteiger partial charge in [-0.25, -0.2) is 13.1 Å². The van der Waals surface area contributed by atoms with E-state index in [1.807, 2.05) is 12.1 Å². The molecule has 1 rings (SSSR count). The molecule has 0 aromatic heterocycles. The van der Waals surface area contributed by atoms with Gasteiger partial charge in [-0.3, -0.25) is 0 Å². The molecule has 19 heavy (non-hydrogen) atoms. The molecule has 0 saturated carbocycles. The summed E-state index contributed by atoms with van der Waals surface area (Å²) in [7, 11) is -1.75. The Kier molecular flexibility index (Phi) is 6.46. The van der Waals surface area contributed by atoms with Crippen molar-refractivity contribution in [3.05, 3.63) is 29.8 Å². The van der Waals surface area contributed by atoms with E-state index >= 15 is 0 Å². The highest BCUT2D eigenvalue weighted by Crippen LogP contribution is 2.15. The molecule has 4 nitrogen and oxygen atoms in total. The van der Waals surface area contributed by atoms with Gasteiger partial charge in [-0.2, -0.15) is 0 Å². The second-order valence-electron chi connectivity index (χ2n) is 4.68. The molecule has 1 aromatic carbocycles. The molecule has 1 N–H and O–H groups in total. The van der Waals surface area contributed by atoms with Crippen LogP contribution in [-0.2, 0) is 21.2 Å². The van der Waals surface area contributed by atoms with Crippen molar-refractivity contribution in [2.45, 2.75) is 36.0 Å². The lowest BCUT2D eigenvalue weighted by Gasteiger charge is -2.11. The molecule has 0 heterocycles. The Bertz CT molecular complexity index is 485. The summed E-state index contributed by atoms with van der Waals surface area (Å²) in [5.41, 5.74) is 1.07. The summed E-state index contributed by atoms with van der Waals surface area (Å²) in [6.07, 6.45) is 0.797. The summed E-state index contributed by atoms with van der Waals surface area (Å²) in [6, 6.07) is 6.81. The fraction of sp³-hybridized carbons (Fsp3) is 0.538. The number of rotatable bonds is 7. The third-order valence-corrected chi connectivity index (χ3v) is 4.69. The normalized spacial score (nSPS) is 13.7. The van der Waals surface area contributed by atoms with Gasteiger partial charge < -0.3 is 4.74 Å². The van der Waals surface area contributed by atoms with Crippen LogP contribution in [0.25, 0.3) is 0 Å². The van der Waals surface area contributed by atoms with Gasteiger partial charge in [-0.15, -0.1) is 0 Å². The van der Waals surface area contributed by atoms with Gasteiger partial charge in [0, 0.05) is 18.0 Å². The van der Waals surface area contributed by atoms with Crippen molar-refractivity contribution in [3.63, 3.8) is 0 Å². The number of methoxy groups -OCH3 is 1. The third-order valence-electron chi connectivity index (χ3n) is 2.43. The van der Waals surface area contributed by atoms with Gasteiger partial charge >= 0.3 is 0 Å². The number of halogens is 1. The number of hydrogen-bond acceptors (Lipinski definition) is 3. The van der Waals surface area contributed by atoms with Crippen molar-refractivity contribution >= 4 is 26.0 Å². The molecule has 108 valence electrons. The SMILES string of the molecule is COCC(Br)Cc1ccc(S(=O)(=O)NC(C)C)cc1. The van der Waals surface area contributed by atoms with Crippen molar-refractivity contribution in [2.75, 3.05) is 13.7 Å². The zero-order valence-electron chi connectivity index (χ0n) is 11.4. The van der Waals surface area contributed by atoms with Gasteiger partial charge in [-0.1, -0.05) is 28.1 Å². The summed E-state index contributed by atoms with van der Waals surface area (Å²) >= 11 is 3.51. The summed E-state index contributed by atoms with van der Waals surface area (Å²) in [5, 5.41) is 0. The molecular weight excluding hydrogens is 330 g/mol. The highest BCUT2D eigenvalue weighted by molar-refractivity contribution is 9.09. The maximum absolute atomic E-state index is 11.9. The number of hydrogen-bond donors (Lipinski definition) is 1. The molecule has 0 fully saturated rings. The quantitative estimate of drug-likeness (QED) is 0.768. The molecule has 6 heteroatoms. The van der Waals surface area contributed by atoms with E-state index < -0.39 is 10.0 Å². The van der Waals surface area contributed by atoms with E-state index in [1.165, 1.54) is 0 Å². The second kappa shape index (κ2) is 7.38. The minimum Gasteiger partial charge on any atom is -0.384 e. The summed E-state index contributed by atoms with van der Waals surface area (Å²) in [4.78, 5) is 0.525. The van der Waals surface area contributed by atoms with Crippen LogP contribution in [0.3, 0.4) is 0 Å². The van der Waals surface area contributed by atoms with Crippen molar-refractivity contribution in [1.29, 1.82) is 0 Å². The van der Waals surface area contributed by atoms with Crippen LogP contribution in [0, 0.1) is 0 Å². The predicted molar refractivity (Wildman–Crippen MR) is 80.2 cm³/mol. The maximum atomic E-state index is 11.9. The van der Waals surface area contributed by atoms with Crippen LogP contribution in [-0.4, -0.2) is 33.0 Å². The Hall–Kier alpha value is -0.430. The average molecular weight is 350 g/mol. The second-order valence-corrected chi connectivity index (χ2v) is 7.69. The summed E-state index contributed by atoms with van der Waals surface area (Å²) in [6.45, 7) is 4.22. The standard InChI is InChI=1S/C13H20BrNO3S/c1-10(2)15-19(16,17)13-6-4-11(5-7-13)8-12(14)9-18-3/h4-7,10,12,15H,8-9H2,1-3H3. The van der Waals surface area contributed by atoms with E-state index in [0.29, 0.717) is 11.5 Å². The lowest BCUT2D eigenvalue weighted by atomic mass is 10.1. The number of alkyl halides is 1. The zero-order valence-corrected chi connectivity index (χ0v) is 13.8. The molecule has 1 unspecified atom stereocenters. The average Bonchev–Trinajstić information content (AvgIpc) is 2.28. The molecular formula is C13H20BrNO3S. The van der Waals surface area contributed by atoms with E-state index in [0.717, 1.165) is 12.0 Å². The van der Waals surface area contributed by atoms with E-state index in [1.54, 1.807) is 33.1 Å². The van der Waals surface area contributed by atoms with Crippen LogP contribution in [0.4, 0.5) is 0 Å². The van der Waals surface area contributed by atoms with Gasteiger partial charge in [0.1, 0.15) is 0 Å². The molecule has 1 atom stereocenters. The molecule has 0 spiro atoms. The first-order chi connectivity index (χ1) is 8.85. The van der Waals surface area contributed by atoms with Crippen LogP contribution in [0.2, 0.25) is 0 Å². The molecule has 1 aromatic rings. The highest BCUT2D eigenvalue weighted by Gasteiger charge is 2.15. The topological polar surface area (TPSA) is 55.4 Å². The first-order valence-corrected chi connectivity index (χ1v) is 8.49. The Morgan fingerprint density at radius 1 is 1.26 bits per heavy atom. The van der Waals surface area contributed by atoms with Crippen LogP contribution in [0.15, 0.2) is 29.2 Å². The molecule has 0 aliphatic rings. The number of nitrogens with one attached hydrogen (secondary N) is 1.